The molecular weight excluding hydrogens is 328 g/mol. The second kappa shape index (κ2) is 7.66. The number of fused-ring (bicyclic) bond motifs is 1. The summed E-state index contributed by atoms with van der Waals surface area (Å²) in [4.78, 5) is 23.5. The standard InChI is InChI=1S/C20H22N4O2/c25-20(23-13-15-6-11-26-12-7-15)19-18(4-2-9-22-19)24-10-5-17-16(14-24)3-1-8-21-17/h1-5,8-10,15H,6-7,11-14H2,(H,23,25). The zero-order valence-corrected chi connectivity index (χ0v) is 14.6. The molecule has 6 heteroatoms. The van der Waals surface area contributed by atoms with Crippen LogP contribution in [0.4, 0.5) is 5.69 Å². The molecular formula is C20H22N4O2. The summed E-state index contributed by atoms with van der Waals surface area (Å²) in [5.41, 5.74) is 3.37. The van der Waals surface area contributed by atoms with Gasteiger partial charge in [0.15, 0.2) is 5.69 Å². The van der Waals surface area contributed by atoms with Crippen LogP contribution in [0.25, 0.3) is 6.08 Å². The molecule has 0 spiro atoms. The Bertz CT molecular complexity index is 815. The van der Waals surface area contributed by atoms with Gasteiger partial charge in [-0.25, -0.2) is 4.98 Å². The number of hydrogen-bond acceptors (Lipinski definition) is 5. The molecule has 26 heavy (non-hydrogen) atoms. The maximum atomic E-state index is 12.7. The molecule has 4 heterocycles. The third-order valence-electron chi connectivity index (χ3n) is 4.88. The highest BCUT2D eigenvalue weighted by Crippen LogP contribution is 2.26. The van der Waals surface area contributed by atoms with Gasteiger partial charge in [0.2, 0.25) is 0 Å². The average Bonchev–Trinajstić information content (AvgIpc) is 2.72. The van der Waals surface area contributed by atoms with E-state index in [0.717, 1.165) is 43.0 Å². The maximum Gasteiger partial charge on any atom is 0.272 e. The van der Waals surface area contributed by atoms with E-state index in [-0.39, 0.29) is 5.91 Å². The Balaban J connectivity index is 1.49. The molecule has 0 atom stereocenters. The number of hydrogen-bond donors (Lipinski definition) is 1. The lowest BCUT2D eigenvalue weighted by Gasteiger charge is -2.26. The molecule has 1 amide bonds. The van der Waals surface area contributed by atoms with Crippen LogP contribution >= 0.6 is 0 Å². The fraction of sp³-hybridized carbons (Fsp3) is 0.350. The number of nitrogens with one attached hydrogen (secondary N) is 1. The van der Waals surface area contributed by atoms with Crippen molar-refractivity contribution in [3.63, 3.8) is 0 Å². The normalized spacial score (nSPS) is 17.0. The van der Waals surface area contributed by atoms with E-state index in [9.17, 15) is 4.79 Å². The molecule has 1 N–H and O–H groups in total. The number of carbonyl (C=O) groups is 1. The number of ether oxygens (including phenoxy) is 1. The van der Waals surface area contributed by atoms with Crippen LogP contribution < -0.4 is 10.2 Å². The van der Waals surface area contributed by atoms with Crippen molar-refractivity contribution in [2.24, 2.45) is 5.92 Å². The number of aromatic nitrogens is 2. The Morgan fingerprint density at radius 1 is 1.19 bits per heavy atom. The van der Waals surface area contributed by atoms with Crippen LogP contribution in [0.15, 0.2) is 42.9 Å². The first-order valence-electron chi connectivity index (χ1n) is 9.01. The summed E-state index contributed by atoms with van der Waals surface area (Å²) in [6.45, 7) is 2.90. The van der Waals surface area contributed by atoms with Crippen LogP contribution in [-0.4, -0.2) is 35.6 Å². The van der Waals surface area contributed by atoms with E-state index in [1.807, 2.05) is 35.4 Å². The maximum absolute atomic E-state index is 12.7. The Hall–Kier alpha value is -2.73. The fourth-order valence-electron chi connectivity index (χ4n) is 3.37. The Labute approximate surface area is 152 Å². The molecule has 0 aromatic carbocycles. The molecule has 6 nitrogen and oxygen atoms in total. The van der Waals surface area contributed by atoms with Crippen molar-refractivity contribution in [2.45, 2.75) is 19.4 Å². The molecule has 1 fully saturated rings. The highest BCUT2D eigenvalue weighted by atomic mass is 16.5. The minimum atomic E-state index is -0.127. The molecule has 2 aliphatic rings. The highest BCUT2D eigenvalue weighted by molar-refractivity contribution is 5.98. The van der Waals surface area contributed by atoms with Crippen molar-refractivity contribution >= 4 is 17.7 Å². The lowest BCUT2D eigenvalue weighted by molar-refractivity contribution is 0.0642. The summed E-state index contributed by atoms with van der Waals surface area (Å²) < 4.78 is 5.37. The molecule has 2 aromatic heterocycles. The number of amides is 1. The largest absolute Gasteiger partial charge is 0.381 e. The van der Waals surface area contributed by atoms with Gasteiger partial charge in [-0.05, 0) is 48.6 Å². The van der Waals surface area contributed by atoms with Gasteiger partial charge in [-0.15, -0.1) is 0 Å². The van der Waals surface area contributed by atoms with Gasteiger partial charge in [-0.1, -0.05) is 6.07 Å². The topological polar surface area (TPSA) is 67.3 Å². The second-order valence-electron chi connectivity index (χ2n) is 6.63. The number of nitrogens with zero attached hydrogens (tertiary/aromatic N) is 3. The summed E-state index contributed by atoms with van der Waals surface area (Å²) in [5.74, 6) is 0.352. The molecule has 2 aromatic rings. The van der Waals surface area contributed by atoms with Gasteiger partial charge < -0.3 is 15.0 Å². The van der Waals surface area contributed by atoms with Gasteiger partial charge in [0.1, 0.15) is 0 Å². The van der Waals surface area contributed by atoms with Crippen LogP contribution in [0.1, 0.15) is 34.6 Å². The molecule has 0 unspecified atom stereocenters. The van der Waals surface area contributed by atoms with Crippen molar-refractivity contribution in [3.05, 3.63) is 59.8 Å². The average molecular weight is 350 g/mol. The van der Waals surface area contributed by atoms with E-state index in [1.165, 1.54) is 0 Å². The molecule has 134 valence electrons. The molecule has 0 saturated carbocycles. The first-order chi connectivity index (χ1) is 12.8. The molecule has 1 saturated heterocycles. The van der Waals surface area contributed by atoms with Gasteiger partial charge in [0, 0.05) is 44.9 Å². The predicted molar refractivity (Wildman–Crippen MR) is 99.6 cm³/mol. The summed E-state index contributed by atoms with van der Waals surface area (Å²) >= 11 is 0. The Kier molecular flexibility index (Phi) is 4.93. The van der Waals surface area contributed by atoms with E-state index in [4.69, 9.17) is 4.74 Å². The third kappa shape index (κ3) is 3.60. The van der Waals surface area contributed by atoms with Crippen molar-refractivity contribution in [3.8, 4) is 0 Å². The molecule has 0 bridgehead atoms. The number of carbonyl (C=O) groups excluding carboxylic acids is 1. The van der Waals surface area contributed by atoms with Crippen LogP contribution in [0.2, 0.25) is 0 Å². The zero-order valence-electron chi connectivity index (χ0n) is 14.6. The summed E-state index contributed by atoms with van der Waals surface area (Å²) in [6, 6.07) is 7.78. The van der Waals surface area contributed by atoms with Gasteiger partial charge in [-0.3, -0.25) is 9.78 Å². The number of rotatable bonds is 4. The molecule has 0 aliphatic carbocycles. The van der Waals surface area contributed by atoms with Crippen molar-refractivity contribution in [2.75, 3.05) is 24.7 Å². The van der Waals surface area contributed by atoms with Crippen molar-refractivity contribution in [1.29, 1.82) is 0 Å². The van der Waals surface area contributed by atoms with E-state index >= 15 is 0 Å². The second-order valence-corrected chi connectivity index (χ2v) is 6.63. The minimum absolute atomic E-state index is 0.127. The zero-order chi connectivity index (χ0) is 17.8. The van der Waals surface area contributed by atoms with Crippen LogP contribution in [0, 0.1) is 5.92 Å². The minimum Gasteiger partial charge on any atom is -0.381 e. The lowest BCUT2D eigenvalue weighted by Crippen LogP contribution is -2.33. The van der Waals surface area contributed by atoms with Gasteiger partial charge in [0.05, 0.1) is 11.4 Å². The fourth-order valence-corrected chi connectivity index (χ4v) is 3.37. The molecule has 4 rings (SSSR count). The summed E-state index contributed by atoms with van der Waals surface area (Å²) in [5, 5.41) is 3.05. The Morgan fingerprint density at radius 3 is 2.88 bits per heavy atom. The summed E-state index contributed by atoms with van der Waals surface area (Å²) in [7, 11) is 0. The SMILES string of the molecule is O=C(NCC1CCOCC1)c1ncccc1N1C=Cc2ncccc2C1. The van der Waals surface area contributed by atoms with E-state index in [1.54, 1.807) is 12.4 Å². The van der Waals surface area contributed by atoms with Gasteiger partial charge >= 0.3 is 0 Å². The predicted octanol–water partition coefficient (Wildman–Crippen LogP) is 2.62. The lowest BCUT2D eigenvalue weighted by atomic mass is 10.0. The van der Waals surface area contributed by atoms with Gasteiger partial charge in [-0.2, -0.15) is 0 Å². The van der Waals surface area contributed by atoms with E-state index < -0.39 is 0 Å². The molecule has 0 radical (unpaired) electrons. The third-order valence-corrected chi connectivity index (χ3v) is 4.88. The monoisotopic (exact) mass is 350 g/mol. The van der Waals surface area contributed by atoms with Crippen molar-refractivity contribution in [1.82, 2.24) is 15.3 Å². The molecule has 2 aliphatic heterocycles. The van der Waals surface area contributed by atoms with Crippen molar-refractivity contribution < 1.29 is 9.53 Å². The van der Waals surface area contributed by atoms with E-state index in [0.29, 0.717) is 24.7 Å². The Morgan fingerprint density at radius 2 is 2.00 bits per heavy atom. The number of anilines is 1. The first kappa shape index (κ1) is 16.7. The number of pyridine rings is 2. The van der Waals surface area contributed by atoms with Crippen LogP contribution in [0.3, 0.4) is 0 Å². The van der Waals surface area contributed by atoms with Gasteiger partial charge in [0.25, 0.3) is 5.91 Å². The first-order valence-corrected chi connectivity index (χ1v) is 9.01. The smallest absolute Gasteiger partial charge is 0.272 e. The van der Waals surface area contributed by atoms with Crippen LogP contribution in [0.5, 0.6) is 0 Å². The highest BCUT2D eigenvalue weighted by Gasteiger charge is 2.21. The quantitative estimate of drug-likeness (QED) is 0.918. The van der Waals surface area contributed by atoms with E-state index in [2.05, 4.69) is 21.4 Å². The summed E-state index contributed by atoms with van der Waals surface area (Å²) in [6.07, 6.45) is 9.37. The van der Waals surface area contributed by atoms with Crippen LogP contribution in [-0.2, 0) is 11.3 Å².